The van der Waals surface area contributed by atoms with Crippen LogP contribution < -0.4 is 5.32 Å². The van der Waals surface area contributed by atoms with Gasteiger partial charge in [0, 0.05) is 12.1 Å². The molecule has 0 radical (unpaired) electrons. The number of anilines is 1. The van der Waals surface area contributed by atoms with Crippen LogP contribution in [0, 0.1) is 0 Å². The van der Waals surface area contributed by atoms with Gasteiger partial charge >= 0.3 is 18.1 Å². The minimum atomic E-state index is -4.44. The number of hydrogen-bond donors (Lipinski definition) is 1. The first kappa shape index (κ1) is 23.8. The molecule has 0 unspecified atom stereocenters. The highest BCUT2D eigenvalue weighted by Crippen LogP contribution is 2.30. The summed E-state index contributed by atoms with van der Waals surface area (Å²) in [6, 6.07) is 3.38. The Kier molecular flexibility index (Phi) is 7.51. The molecule has 0 heterocycles. The lowest BCUT2D eigenvalue weighted by atomic mass is 10.1. The Morgan fingerprint density at radius 1 is 0.929 bits per heavy atom. The van der Waals surface area contributed by atoms with Gasteiger partial charge in [-0.05, 0) is 72.2 Å². The maximum atomic E-state index is 12.7. The Balaban J connectivity index is 2.88. The molecule has 1 atom stereocenters. The van der Waals surface area contributed by atoms with Crippen molar-refractivity contribution in [3.8, 4) is 0 Å². The van der Waals surface area contributed by atoms with E-state index in [1.807, 2.05) is 0 Å². The van der Waals surface area contributed by atoms with E-state index < -0.39 is 40.9 Å². The van der Waals surface area contributed by atoms with Crippen LogP contribution in [-0.4, -0.2) is 29.2 Å². The number of ether oxygens (including phenoxy) is 2. The molecule has 0 fully saturated rings. The largest absolute Gasteiger partial charge is 0.460 e. The first-order valence-corrected chi connectivity index (χ1v) is 8.95. The molecule has 0 saturated carbocycles. The molecule has 0 amide bonds. The molecule has 0 aliphatic rings. The third kappa shape index (κ3) is 9.10. The molecule has 0 aromatic heterocycles. The molecule has 1 rings (SSSR count). The quantitative estimate of drug-likeness (QED) is 0.681. The second kappa shape index (κ2) is 8.84. The van der Waals surface area contributed by atoms with Crippen molar-refractivity contribution in [2.24, 2.45) is 0 Å². The summed E-state index contributed by atoms with van der Waals surface area (Å²) in [5.74, 6) is -1.08. The minimum Gasteiger partial charge on any atom is -0.460 e. The average molecular weight is 403 g/mol. The lowest BCUT2D eigenvalue weighted by Gasteiger charge is -2.25. The SMILES string of the molecule is CC(C)(C)OC(=O)CC[C@H](Nc1ccc(C(F)(F)F)cc1)C(=O)OC(C)(C)C. The third-order valence-corrected chi connectivity index (χ3v) is 3.30. The molecule has 158 valence electrons. The molecular formula is C20H28F3NO4. The number of rotatable bonds is 6. The van der Waals surface area contributed by atoms with Crippen LogP contribution in [0.1, 0.15) is 59.9 Å². The number of carbonyl (C=O) groups excluding carboxylic acids is 2. The van der Waals surface area contributed by atoms with Crippen LogP contribution >= 0.6 is 0 Å². The lowest BCUT2D eigenvalue weighted by Crippen LogP contribution is -2.37. The van der Waals surface area contributed by atoms with E-state index in [4.69, 9.17) is 9.47 Å². The van der Waals surface area contributed by atoms with E-state index in [1.165, 1.54) is 12.1 Å². The molecule has 1 N–H and O–H groups in total. The second-order valence-corrected chi connectivity index (χ2v) is 8.43. The van der Waals surface area contributed by atoms with Crippen LogP contribution in [-0.2, 0) is 25.2 Å². The standard InChI is InChI=1S/C20H28F3NO4/c1-18(2,3)27-16(25)12-11-15(17(26)28-19(4,5)6)24-14-9-7-13(8-10-14)20(21,22)23/h7-10,15,24H,11-12H2,1-6H3/t15-/m0/s1. The summed E-state index contributed by atoms with van der Waals surface area (Å²) in [5.41, 5.74) is -1.88. The zero-order valence-corrected chi connectivity index (χ0v) is 17.1. The predicted octanol–water partition coefficient (Wildman–Crippen LogP) is 4.95. The summed E-state index contributed by atoms with van der Waals surface area (Å²) in [7, 11) is 0. The van der Waals surface area contributed by atoms with Crippen molar-refractivity contribution >= 4 is 17.6 Å². The number of benzene rings is 1. The number of esters is 2. The summed E-state index contributed by atoms with van der Waals surface area (Å²) < 4.78 is 48.7. The molecule has 1 aromatic carbocycles. The van der Waals surface area contributed by atoms with E-state index >= 15 is 0 Å². The van der Waals surface area contributed by atoms with Crippen molar-refractivity contribution in [3.05, 3.63) is 29.8 Å². The highest BCUT2D eigenvalue weighted by molar-refractivity contribution is 5.81. The van der Waals surface area contributed by atoms with Crippen LogP contribution in [0.25, 0.3) is 0 Å². The van der Waals surface area contributed by atoms with Crippen molar-refractivity contribution in [2.45, 2.75) is 77.8 Å². The summed E-state index contributed by atoms with van der Waals surface area (Å²) >= 11 is 0. The van der Waals surface area contributed by atoms with Crippen LogP contribution in [0.4, 0.5) is 18.9 Å². The Hall–Kier alpha value is -2.25. The second-order valence-electron chi connectivity index (χ2n) is 8.43. The van der Waals surface area contributed by atoms with Gasteiger partial charge in [-0.2, -0.15) is 13.2 Å². The predicted molar refractivity (Wildman–Crippen MR) is 99.8 cm³/mol. The van der Waals surface area contributed by atoms with E-state index in [9.17, 15) is 22.8 Å². The smallest absolute Gasteiger partial charge is 0.416 e. The van der Waals surface area contributed by atoms with E-state index in [0.717, 1.165) is 12.1 Å². The van der Waals surface area contributed by atoms with Gasteiger partial charge in [-0.25, -0.2) is 4.79 Å². The van der Waals surface area contributed by atoms with Gasteiger partial charge in [0.25, 0.3) is 0 Å². The fraction of sp³-hybridized carbons (Fsp3) is 0.600. The number of alkyl halides is 3. The van der Waals surface area contributed by atoms with Crippen molar-refractivity contribution in [3.63, 3.8) is 0 Å². The third-order valence-electron chi connectivity index (χ3n) is 3.30. The zero-order valence-electron chi connectivity index (χ0n) is 17.1. The molecule has 0 aliphatic heterocycles. The first-order valence-electron chi connectivity index (χ1n) is 8.95. The molecule has 28 heavy (non-hydrogen) atoms. The van der Waals surface area contributed by atoms with Gasteiger partial charge in [-0.3, -0.25) is 4.79 Å². The number of halogens is 3. The molecule has 5 nitrogen and oxygen atoms in total. The molecule has 0 aliphatic carbocycles. The van der Waals surface area contributed by atoms with Gasteiger partial charge in [0.2, 0.25) is 0 Å². The van der Waals surface area contributed by atoms with Gasteiger partial charge in [0.15, 0.2) is 0 Å². The van der Waals surface area contributed by atoms with E-state index in [1.54, 1.807) is 41.5 Å². The number of hydrogen-bond acceptors (Lipinski definition) is 5. The maximum Gasteiger partial charge on any atom is 0.416 e. The maximum absolute atomic E-state index is 12.7. The van der Waals surface area contributed by atoms with Gasteiger partial charge < -0.3 is 14.8 Å². The van der Waals surface area contributed by atoms with Gasteiger partial charge in [0.1, 0.15) is 17.2 Å². The fourth-order valence-corrected chi connectivity index (χ4v) is 2.23. The monoisotopic (exact) mass is 403 g/mol. The van der Waals surface area contributed by atoms with Crippen LogP contribution in [0.3, 0.4) is 0 Å². The minimum absolute atomic E-state index is 0.0468. The Morgan fingerprint density at radius 2 is 1.43 bits per heavy atom. The Bertz CT molecular complexity index is 671. The van der Waals surface area contributed by atoms with Gasteiger partial charge in [-0.15, -0.1) is 0 Å². The van der Waals surface area contributed by atoms with E-state index in [0.29, 0.717) is 5.69 Å². The van der Waals surface area contributed by atoms with Gasteiger partial charge in [-0.1, -0.05) is 0 Å². The molecule has 0 bridgehead atoms. The van der Waals surface area contributed by atoms with E-state index in [2.05, 4.69) is 5.32 Å². The summed E-state index contributed by atoms with van der Waals surface area (Å²) in [4.78, 5) is 24.4. The summed E-state index contributed by atoms with van der Waals surface area (Å²) in [6.45, 7) is 10.3. The highest BCUT2D eigenvalue weighted by atomic mass is 19.4. The first-order chi connectivity index (χ1) is 12.6. The van der Waals surface area contributed by atoms with Gasteiger partial charge in [0.05, 0.1) is 5.56 Å². The molecular weight excluding hydrogens is 375 g/mol. The summed E-state index contributed by atoms with van der Waals surface area (Å²) in [6.07, 6.45) is -4.42. The van der Waals surface area contributed by atoms with Crippen molar-refractivity contribution < 1.29 is 32.2 Å². The number of carbonyl (C=O) groups is 2. The topological polar surface area (TPSA) is 64.6 Å². The van der Waals surface area contributed by atoms with Crippen LogP contribution in [0.2, 0.25) is 0 Å². The summed E-state index contributed by atoms with van der Waals surface area (Å²) in [5, 5.41) is 2.85. The molecule has 1 aromatic rings. The zero-order chi connectivity index (χ0) is 21.8. The molecule has 8 heteroatoms. The van der Waals surface area contributed by atoms with Crippen LogP contribution in [0.5, 0.6) is 0 Å². The molecule has 0 spiro atoms. The highest BCUT2D eigenvalue weighted by Gasteiger charge is 2.31. The van der Waals surface area contributed by atoms with Crippen LogP contribution in [0.15, 0.2) is 24.3 Å². The van der Waals surface area contributed by atoms with Crippen molar-refractivity contribution in [2.75, 3.05) is 5.32 Å². The fourth-order valence-electron chi connectivity index (χ4n) is 2.23. The van der Waals surface area contributed by atoms with Crippen molar-refractivity contribution in [1.29, 1.82) is 0 Å². The van der Waals surface area contributed by atoms with Crippen molar-refractivity contribution in [1.82, 2.24) is 0 Å². The Labute approximate surface area is 163 Å². The molecule has 0 saturated heterocycles. The Morgan fingerprint density at radius 3 is 1.86 bits per heavy atom. The normalized spacial score (nSPS) is 13.6. The van der Waals surface area contributed by atoms with E-state index in [-0.39, 0.29) is 12.8 Å². The average Bonchev–Trinajstić information content (AvgIpc) is 2.47. The number of nitrogens with one attached hydrogen (secondary N) is 1. The lowest BCUT2D eigenvalue weighted by molar-refractivity contribution is -0.157.